The Labute approximate surface area is 98.6 Å². The summed E-state index contributed by atoms with van der Waals surface area (Å²) in [7, 11) is 0. The molecule has 0 amide bonds. The van der Waals surface area contributed by atoms with Gasteiger partial charge in [0.15, 0.2) is 0 Å². The third kappa shape index (κ3) is 3.43. The van der Waals surface area contributed by atoms with Crippen molar-refractivity contribution in [2.24, 2.45) is 0 Å². The average Bonchev–Trinajstić information content (AvgIpc) is 2.17. The molecule has 4 heteroatoms. The fourth-order valence-corrected chi connectivity index (χ4v) is 2.35. The van der Waals surface area contributed by atoms with Gasteiger partial charge < -0.3 is 5.11 Å². The summed E-state index contributed by atoms with van der Waals surface area (Å²) in [5.41, 5.74) is 0.158. The average molecular weight is 245 g/mol. The Morgan fingerprint density at radius 2 is 2.27 bits per heavy atom. The summed E-state index contributed by atoms with van der Waals surface area (Å²) in [6.45, 7) is 4.24. The fourth-order valence-electron chi connectivity index (χ4n) is 1.06. The van der Waals surface area contributed by atoms with E-state index in [2.05, 4.69) is 13.8 Å². The highest BCUT2D eigenvalue weighted by Crippen LogP contribution is 2.28. The van der Waals surface area contributed by atoms with Crippen molar-refractivity contribution in [2.45, 2.75) is 30.4 Å². The van der Waals surface area contributed by atoms with Gasteiger partial charge in [0.05, 0.1) is 10.6 Å². The third-order valence-electron chi connectivity index (χ3n) is 2.08. The van der Waals surface area contributed by atoms with Crippen molar-refractivity contribution >= 4 is 29.3 Å². The Hall–Kier alpha value is -0.670. The molecule has 1 N–H and O–H groups in total. The smallest absolute Gasteiger partial charge is 0.337 e. The second-order valence-corrected chi connectivity index (χ2v) is 5.20. The van der Waals surface area contributed by atoms with Crippen molar-refractivity contribution in [3.8, 4) is 0 Å². The molecule has 0 saturated carbocycles. The zero-order chi connectivity index (χ0) is 11.4. The number of carboxylic acid groups (broad SMARTS) is 1. The molecule has 15 heavy (non-hydrogen) atoms. The molecule has 0 aliphatic heterocycles. The van der Waals surface area contributed by atoms with Gasteiger partial charge in [0.25, 0.3) is 0 Å². The zero-order valence-corrected chi connectivity index (χ0v) is 10.2. The highest BCUT2D eigenvalue weighted by Gasteiger charge is 2.10. The van der Waals surface area contributed by atoms with E-state index in [1.807, 2.05) is 0 Å². The van der Waals surface area contributed by atoms with Crippen LogP contribution in [0.3, 0.4) is 0 Å². The molecular weight excluding hydrogens is 232 g/mol. The van der Waals surface area contributed by atoms with Crippen LogP contribution in [0.15, 0.2) is 23.1 Å². The first-order valence-electron chi connectivity index (χ1n) is 4.74. The third-order valence-corrected chi connectivity index (χ3v) is 3.66. The molecule has 0 aliphatic rings. The summed E-state index contributed by atoms with van der Waals surface area (Å²) in [5, 5.41) is 9.61. The minimum Gasteiger partial charge on any atom is -0.478 e. The van der Waals surface area contributed by atoms with Gasteiger partial charge in [0.1, 0.15) is 0 Å². The first-order chi connectivity index (χ1) is 7.04. The predicted molar refractivity (Wildman–Crippen MR) is 64.0 cm³/mol. The SMILES string of the molecule is CCC(C)Sc1ccc(C(=O)O)c(Cl)c1. The summed E-state index contributed by atoms with van der Waals surface area (Å²) < 4.78 is 0. The molecule has 0 radical (unpaired) electrons. The molecule has 1 aromatic rings. The zero-order valence-electron chi connectivity index (χ0n) is 8.66. The molecule has 0 aromatic heterocycles. The maximum Gasteiger partial charge on any atom is 0.337 e. The Morgan fingerprint density at radius 3 is 2.73 bits per heavy atom. The number of carboxylic acids is 1. The summed E-state index contributed by atoms with van der Waals surface area (Å²) >= 11 is 7.56. The van der Waals surface area contributed by atoms with Gasteiger partial charge in [-0.3, -0.25) is 0 Å². The van der Waals surface area contributed by atoms with E-state index >= 15 is 0 Å². The maximum absolute atomic E-state index is 10.7. The molecule has 0 bridgehead atoms. The van der Waals surface area contributed by atoms with Crippen LogP contribution < -0.4 is 0 Å². The van der Waals surface area contributed by atoms with E-state index in [1.54, 1.807) is 30.0 Å². The van der Waals surface area contributed by atoms with Crippen LogP contribution in [0.1, 0.15) is 30.6 Å². The quantitative estimate of drug-likeness (QED) is 0.816. The molecule has 1 aromatic carbocycles. The van der Waals surface area contributed by atoms with Gasteiger partial charge in [-0.1, -0.05) is 25.4 Å². The first kappa shape index (κ1) is 12.4. The van der Waals surface area contributed by atoms with E-state index in [-0.39, 0.29) is 5.56 Å². The largest absolute Gasteiger partial charge is 0.478 e. The standard InChI is InChI=1S/C11H13ClO2S/c1-3-7(2)15-8-4-5-9(11(13)14)10(12)6-8/h4-7H,3H2,1-2H3,(H,13,14). The molecule has 0 aliphatic carbocycles. The van der Waals surface area contributed by atoms with E-state index in [9.17, 15) is 4.79 Å². The van der Waals surface area contributed by atoms with Crippen molar-refractivity contribution in [3.63, 3.8) is 0 Å². The minimum absolute atomic E-state index is 0.158. The lowest BCUT2D eigenvalue weighted by molar-refractivity contribution is 0.0697. The Morgan fingerprint density at radius 1 is 1.60 bits per heavy atom. The van der Waals surface area contributed by atoms with Crippen LogP contribution in [0.25, 0.3) is 0 Å². The number of benzene rings is 1. The number of hydrogen-bond donors (Lipinski definition) is 1. The Kier molecular flexibility index (Phi) is 4.48. The molecule has 1 unspecified atom stereocenters. The van der Waals surface area contributed by atoms with Crippen LogP contribution in [0.5, 0.6) is 0 Å². The topological polar surface area (TPSA) is 37.3 Å². The van der Waals surface area contributed by atoms with Crippen molar-refractivity contribution in [1.82, 2.24) is 0 Å². The summed E-state index contributed by atoms with van der Waals surface area (Å²) in [4.78, 5) is 11.7. The van der Waals surface area contributed by atoms with Gasteiger partial charge in [0.2, 0.25) is 0 Å². The van der Waals surface area contributed by atoms with E-state index in [1.165, 1.54) is 0 Å². The number of rotatable bonds is 4. The fraction of sp³-hybridized carbons (Fsp3) is 0.364. The van der Waals surface area contributed by atoms with Gasteiger partial charge in [-0.2, -0.15) is 0 Å². The normalized spacial score (nSPS) is 12.5. The maximum atomic E-state index is 10.7. The highest BCUT2D eigenvalue weighted by molar-refractivity contribution is 7.99. The molecule has 0 spiro atoms. The number of thioether (sulfide) groups is 1. The van der Waals surface area contributed by atoms with Gasteiger partial charge in [0, 0.05) is 10.1 Å². The van der Waals surface area contributed by atoms with E-state index < -0.39 is 5.97 Å². The summed E-state index contributed by atoms with van der Waals surface area (Å²) in [6, 6.07) is 5.06. The monoisotopic (exact) mass is 244 g/mol. The van der Waals surface area contributed by atoms with Gasteiger partial charge in [-0.25, -0.2) is 4.79 Å². The van der Waals surface area contributed by atoms with Crippen LogP contribution in [0.4, 0.5) is 0 Å². The number of carbonyl (C=O) groups is 1. The van der Waals surface area contributed by atoms with E-state index in [0.29, 0.717) is 10.3 Å². The van der Waals surface area contributed by atoms with Crippen molar-refractivity contribution < 1.29 is 9.90 Å². The van der Waals surface area contributed by atoms with Crippen LogP contribution in [-0.4, -0.2) is 16.3 Å². The number of aromatic carboxylic acids is 1. The van der Waals surface area contributed by atoms with E-state index in [0.717, 1.165) is 11.3 Å². The molecule has 1 rings (SSSR count). The minimum atomic E-state index is -0.986. The van der Waals surface area contributed by atoms with E-state index in [4.69, 9.17) is 16.7 Å². The predicted octanol–water partition coefficient (Wildman–Crippen LogP) is 3.93. The van der Waals surface area contributed by atoms with Crippen LogP contribution >= 0.6 is 23.4 Å². The van der Waals surface area contributed by atoms with Crippen LogP contribution in [0, 0.1) is 0 Å². The highest BCUT2D eigenvalue weighted by atomic mass is 35.5. The number of hydrogen-bond acceptors (Lipinski definition) is 2. The molecule has 0 heterocycles. The van der Waals surface area contributed by atoms with Crippen molar-refractivity contribution in [1.29, 1.82) is 0 Å². The lowest BCUT2D eigenvalue weighted by Crippen LogP contribution is -1.98. The first-order valence-corrected chi connectivity index (χ1v) is 5.99. The Bertz CT molecular complexity index is 366. The molecule has 0 saturated heterocycles. The van der Waals surface area contributed by atoms with Gasteiger partial charge in [-0.15, -0.1) is 11.8 Å². The second kappa shape index (κ2) is 5.42. The second-order valence-electron chi connectivity index (χ2n) is 3.28. The van der Waals surface area contributed by atoms with Crippen molar-refractivity contribution in [2.75, 3.05) is 0 Å². The lowest BCUT2D eigenvalue weighted by Gasteiger charge is -2.08. The summed E-state index contributed by atoms with van der Waals surface area (Å²) in [6.07, 6.45) is 1.07. The van der Waals surface area contributed by atoms with Gasteiger partial charge >= 0.3 is 5.97 Å². The molecular formula is C11H13ClO2S. The van der Waals surface area contributed by atoms with Crippen LogP contribution in [-0.2, 0) is 0 Å². The molecule has 82 valence electrons. The Balaban J connectivity index is 2.87. The van der Waals surface area contributed by atoms with Crippen LogP contribution in [0.2, 0.25) is 5.02 Å². The van der Waals surface area contributed by atoms with Gasteiger partial charge in [-0.05, 0) is 24.6 Å². The van der Waals surface area contributed by atoms with Crippen molar-refractivity contribution in [3.05, 3.63) is 28.8 Å². The molecule has 2 nitrogen and oxygen atoms in total. The molecule has 0 fully saturated rings. The lowest BCUT2D eigenvalue weighted by atomic mass is 10.2. The number of halogens is 1. The molecule has 1 atom stereocenters. The summed E-state index contributed by atoms with van der Waals surface area (Å²) in [5.74, 6) is -0.986.